The van der Waals surface area contributed by atoms with Gasteiger partial charge in [-0.1, -0.05) is 12.1 Å². The largest absolute Gasteiger partial charge is 0.469 e. The summed E-state index contributed by atoms with van der Waals surface area (Å²) in [5, 5.41) is 4.31. The van der Waals surface area contributed by atoms with E-state index >= 15 is 0 Å². The molecule has 4 rings (SSSR count). The van der Waals surface area contributed by atoms with Crippen molar-refractivity contribution in [2.24, 2.45) is 5.92 Å². The second kappa shape index (κ2) is 7.90. The van der Waals surface area contributed by atoms with Gasteiger partial charge in [0.05, 0.1) is 19.2 Å². The molecule has 7 nitrogen and oxygen atoms in total. The Morgan fingerprint density at radius 2 is 1.79 bits per heavy atom. The third-order valence-corrected chi connectivity index (χ3v) is 5.22. The van der Waals surface area contributed by atoms with E-state index in [0.29, 0.717) is 37.3 Å². The number of methoxy groups -OCH3 is 1. The number of aromatic nitrogens is 3. The second-order valence-electron chi connectivity index (χ2n) is 6.93. The van der Waals surface area contributed by atoms with Gasteiger partial charge in [0.25, 0.3) is 5.91 Å². The molecule has 1 aliphatic heterocycles. The number of rotatable bonds is 4. The zero-order valence-corrected chi connectivity index (χ0v) is 16.0. The molecule has 3 aromatic rings. The number of halogens is 1. The Bertz CT molecular complexity index is 1020. The molecule has 1 amide bonds. The molecule has 1 aromatic carbocycles. The Labute approximate surface area is 167 Å². The number of esters is 1. The SMILES string of the molecule is COC(=O)C1CCN(C(=O)c2cnn(-c3ccccc3F)c2-n2cccc2)CC1. The van der Waals surface area contributed by atoms with E-state index in [1.165, 1.54) is 24.1 Å². The summed E-state index contributed by atoms with van der Waals surface area (Å²) >= 11 is 0. The van der Waals surface area contributed by atoms with Gasteiger partial charge in [-0.15, -0.1) is 0 Å². The van der Waals surface area contributed by atoms with Crippen LogP contribution in [0.15, 0.2) is 55.0 Å². The summed E-state index contributed by atoms with van der Waals surface area (Å²) in [7, 11) is 1.38. The Hall–Kier alpha value is -3.42. The minimum Gasteiger partial charge on any atom is -0.469 e. The first kappa shape index (κ1) is 18.9. The third kappa shape index (κ3) is 3.53. The number of piperidine rings is 1. The lowest BCUT2D eigenvalue weighted by Crippen LogP contribution is -2.40. The number of carbonyl (C=O) groups is 2. The van der Waals surface area contributed by atoms with Gasteiger partial charge >= 0.3 is 5.97 Å². The van der Waals surface area contributed by atoms with Gasteiger partial charge < -0.3 is 14.2 Å². The molecule has 0 atom stereocenters. The van der Waals surface area contributed by atoms with E-state index in [0.717, 1.165) is 0 Å². The van der Waals surface area contributed by atoms with Crippen molar-refractivity contribution in [3.05, 3.63) is 66.4 Å². The summed E-state index contributed by atoms with van der Waals surface area (Å²) in [4.78, 5) is 26.7. The van der Waals surface area contributed by atoms with Crippen LogP contribution in [-0.2, 0) is 9.53 Å². The highest BCUT2D eigenvalue weighted by atomic mass is 19.1. The summed E-state index contributed by atoms with van der Waals surface area (Å²) in [5.74, 6) is -0.576. The molecule has 150 valence electrons. The van der Waals surface area contributed by atoms with Gasteiger partial charge in [-0.2, -0.15) is 5.10 Å². The van der Waals surface area contributed by atoms with Crippen LogP contribution in [-0.4, -0.2) is 51.3 Å². The minimum absolute atomic E-state index is 0.186. The molecule has 0 bridgehead atoms. The van der Waals surface area contributed by atoms with Gasteiger partial charge in [-0.25, -0.2) is 9.07 Å². The van der Waals surface area contributed by atoms with Crippen LogP contribution in [0.25, 0.3) is 11.5 Å². The molecule has 2 aromatic heterocycles. The van der Waals surface area contributed by atoms with Crippen LogP contribution in [0.3, 0.4) is 0 Å². The normalized spacial score (nSPS) is 14.8. The Morgan fingerprint density at radius 1 is 1.10 bits per heavy atom. The maximum absolute atomic E-state index is 14.4. The number of carbonyl (C=O) groups excluding carboxylic acids is 2. The lowest BCUT2D eigenvalue weighted by Gasteiger charge is -2.30. The first-order valence-electron chi connectivity index (χ1n) is 9.43. The maximum atomic E-state index is 14.4. The number of likely N-dealkylation sites (tertiary alicyclic amines) is 1. The molecule has 0 radical (unpaired) electrons. The number of benzene rings is 1. The van der Waals surface area contributed by atoms with Crippen molar-refractivity contribution < 1.29 is 18.7 Å². The molecule has 1 fully saturated rings. The molecule has 0 spiro atoms. The van der Waals surface area contributed by atoms with Crippen molar-refractivity contribution in [2.45, 2.75) is 12.8 Å². The molecule has 1 saturated heterocycles. The second-order valence-corrected chi connectivity index (χ2v) is 6.93. The minimum atomic E-state index is -0.429. The number of ether oxygens (including phenoxy) is 1. The van der Waals surface area contributed by atoms with Gasteiger partial charge in [0, 0.05) is 25.5 Å². The fourth-order valence-electron chi connectivity index (χ4n) is 3.67. The number of amides is 1. The fraction of sp³-hybridized carbons (Fsp3) is 0.286. The Balaban J connectivity index is 1.67. The predicted molar refractivity (Wildman–Crippen MR) is 103 cm³/mol. The molecule has 0 saturated carbocycles. The fourth-order valence-corrected chi connectivity index (χ4v) is 3.67. The molecule has 0 unspecified atom stereocenters. The molecular formula is C21H21FN4O3. The zero-order chi connectivity index (χ0) is 20.4. The van der Waals surface area contributed by atoms with Crippen LogP contribution in [0.2, 0.25) is 0 Å². The van der Waals surface area contributed by atoms with Crippen LogP contribution >= 0.6 is 0 Å². The van der Waals surface area contributed by atoms with E-state index in [2.05, 4.69) is 5.10 Å². The highest BCUT2D eigenvalue weighted by Crippen LogP contribution is 2.25. The lowest BCUT2D eigenvalue weighted by molar-refractivity contribution is -0.146. The maximum Gasteiger partial charge on any atom is 0.308 e. The molecule has 0 aliphatic carbocycles. The van der Waals surface area contributed by atoms with E-state index in [1.807, 2.05) is 12.1 Å². The van der Waals surface area contributed by atoms with E-state index in [9.17, 15) is 14.0 Å². The first-order chi connectivity index (χ1) is 14.1. The van der Waals surface area contributed by atoms with Crippen LogP contribution in [0.1, 0.15) is 23.2 Å². The number of hydrogen-bond donors (Lipinski definition) is 0. The molecular weight excluding hydrogens is 375 g/mol. The monoisotopic (exact) mass is 396 g/mol. The number of para-hydroxylation sites is 1. The first-order valence-corrected chi connectivity index (χ1v) is 9.43. The smallest absolute Gasteiger partial charge is 0.308 e. The zero-order valence-electron chi connectivity index (χ0n) is 16.0. The van der Waals surface area contributed by atoms with Gasteiger partial charge in [0.15, 0.2) is 5.82 Å². The molecule has 1 aliphatic rings. The summed E-state index contributed by atoms with van der Waals surface area (Å²) in [5.41, 5.74) is 0.639. The Morgan fingerprint density at radius 3 is 2.45 bits per heavy atom. The summed E-state index contributed by atoms with van der Waals surface area (Å²) in [6.45, 7) is 0.906. The highest BCUT2D eigenvalue weighted by molar-refractivity contribution is 5.97. The molecule has 3 heterocycles. The van der Waals surface area contributed by atoms with Crippen molar-refractivity contribution in [1.29, 1.82) is 0 Å². The molecule has 29 heavy (non-hydrogen) atoms. The van der Waals surface area contributed by atoms with Crippen molar-refractivity contribution in [3.63, 3.8) is 0 Å². The van der Waals surface area contributed by atoms with Gasteiger partial charge in [0.1, 0.15) is 17.1 Å². The van der Waals surface area contributed by atoms with Gasteiger partial charge in [-0.3, -0.25) is 9.59 Å². The Kier molecular flexibility index (Phi) is 5.16. The lowest BCUT2D eigenvalue weighted by atomic mass is 9.96. The topological polar surface area (TPSA) is 69.4 Å². The quantitative estimate of drug-likeness (QED) is 0.636. The average Bonchev–Trinajstić information content (AvgIpc) is 3.42. The van der Waals surface area contributed by atoms with Crippen molar-refractivity contribution in [1.82, 2.24) is 19.2 Å². The van der Waals surface area contributed by atoms with Gasteiger partial charge in [0.2, 0.25) is 0 Å². The van der Waals surface area contributed by atoms with Crippen molar-refractivity contribution in [3.8, 4) is 11.5 Å². The van der Waals surface area contributed by atoms with Crippen molar-refractivity contribution in [2.75, 3.05) is 20.2 Å². The number of nitrogens with zero attached hydrogens (tertiary/aromatic N) is 4. The van der Waals surface area contributed by atoms with Crippen LogP contribution in [0.4, 0.5) is 4.39 Å². The highest BCUT2D eigenvalue weighted by Gasteiger charge is 2.31. The van der Waals surface area contributed by atoms with Crippen LogP contribution < -0.4 is 0 Å². The van der Waals surface area contributed by atoms with E-state index in [1.54, 1.807) is 40.1 Å². The standard InChI is InChI=1S/C21H21FN4O3/c1-29-21(28)15-8-12-25(13-9-15)20(27)16-14-23-26(18-7-3-2-6-17(18)22)19(16)24-10-4-5-11-24/h2-7,10-11,14-15H,8-9,12-13H2,1H3. The van der Waals surface area contributed by atoms with Crippen molar-refractivity contribution >= 4 is 11.9 Å². The number of hydrogen-bond acceptors (Lipinski definition) is 4. The van der Waals surface area contributed by atoms with Gasteiger partial charge in [-0.05, 0) is 37.1 Å². The summed E-state index contributed by atoms with van der Waals surface area (Å²) < 4.78 is 22.4. The van der Waals surface area contributed by atoms with E-state index < -0.39 is 5.82 Å². The summed E-state index contributed by atoms with van der Waals surface area (Å²) in [6, 6.07) is 9.96. The average molecular weight is 396 g/mol. The summed E-state index contributed by atoms with van der Waals surface area (Å²) in [6.07, 6.45) is 6.15. The van der Waals surface area contributed by atoms with Crippen LogP contribution in [0.5, 0.6) is 0 Å². The molecule has 8 heteroatoms. The van der Waals surface area contributed by atoms with Crippen LogP contribution in [0, 0.1) is 11.7 Å². The van der Waals surface area contributed by atoms with E-state index in [4.69, 9.17) is 4.74 Å². The third-order valence-electron chi connectivity index (χ3n) is 5.22. The predicted octanol–water partition coefficient (Wildman–Crippen LogP) is 2.83. The van der Waals surface area contributed by atoms with E-state index in [-0.39, 0.29) is 23.5 Å². The molecule has 0 N–H and O–H groups in total.